The number of aromatic nitrogens is 1. The summed E-state index contributed by atoms with van der Waals surface area (Å²) in [6.45, 7) is 3.87. The molecular weight excluding hydrogens is 360 g/mol. The highest BCUT2D eigenvalue weighted by Crippen LogP contribution is 2.29. The number of rotatable bonds is 3. The van der Waals surface area contributed by atoms with Crippen LogP contribution in [0, 0.1) is 13.8 Å². The summed E-state index contributed by atoms with van der Waals surface area (Å²) in [4.78, 5) is 17.2. The Labute approximate surface area is 161 Å². The van der Waals surface area contributed by atoms with Crippen LogP contribution in [0.3, 0.4) is 0 Å². The Kier molecular flexibility index (Phi) is 4.42. The van der Waals surface area contributed by atoms with Gasteiger partial charge in [0.15, 0.2) is 5.58 Å². The van der Waals surface area contributed by atoms with Gasteiger partial charge in [0, 0.05) is 21.8 Å². The van der Waals surface area contributed by atoms with Gasteiger partial charge < -0.3 is 9.73 Å². The van der Waals surface area contributed by atoms with Crippen LogP contribution in [-0.4, -0.2) is 10.9 Å². The number of aryl methyl sites for hydroxylation is 2. The fourth-order valence-electron chi connectivity index (χ4n) is 2.93. The molecule has 0 aliphatic heterocycles. The number of carbonyl (C=O) groups excluding carboxylic acids is 1. The molecule has 4 aromatic rings. The molecule has 0 unspecified atom stereocenters. The Morgan fingerprint density at radius 2 is 1.81 bits per heavy atom. The van der Waals surface area contributed by atoms with Crippen LogP contribution in [0.4, 0.5) is 5.69 Å². The highest BCUT2D eigenvalue weighted by atomic mass is 35.5. The number of hydrogen-bond donors (Lipinski definition) is 1. The predicted molar refractivity (Wildman–Crippen MR) is 108 cm³/mol. The lowest BCUT2D eigenvalue weighted by Crippen LogP contribution is -2.14. The Balaban J connectivity index is 1.68. The molecule has 0 atom stereocenters. The van der Waals surface area contributed by atoms with Gasteiger partial charge in [0.1, 0.15) is 5.52 Å². The molecule has 0 aliphatic rings. The summed E-state index contributed by atoms with van der Waals surface area (Å²) in [6.07, 6.45) is 0. The van der Waals surface area contributed by atoms with Crippen molar-refractivity contribution in [1.29, 1.82) is 0 Å². The molecule has 1 N–H and O–H groups in total. The van der Waals surface area contributed by atoms with Crippen LogP contribution in [0.15, 0.2) is 65.1 Å². The molecule has 134 valence electrons. The lowest BCUT2D eigenvalue weighted by Gasteiger charge is -2.11. The van der Waals surface area contributed by atoms with Gasteiger partial charge in [-0.3, -0.25) is 4.79 Å². The van der Waals surface area contributed by atoms with E-state index in [0.29, 0.717) is 27.6 Å². The van der Waals surface area contributed by atoms with Crippen LogP contribution in [0.5, 0.6) is 0 Å². The summed E-state index contributed by atoms with van der Waals surface area (Å²) < 4.78 is 5.83. The van der Waals surface area contributed by atoms with Crippen LogP contribution in [0.25, 0.3) is 22.6 Å². The van der Waals surface area contributed by atoms with Gasteiger partial charge in [-0.05, 0) is 61.4 Å². The first-order valence-electron chi connectivity index (χ1n) is 8.55. The minimum absolute atomic E-state index is 0.141. The number of hydrogen-bond acceptors (Lipinski definition) is 3. The number of halogens is 1. The van der Waals surface area contributed by atoms with Gasteiger partial charge in [0.2, 0.25) is 5.89 Å². The van der Waals surface area contributed by atoms with Gasteiger partial charge in [-0.15, -0.1) is 0 Å². The van der Waals surface area contributed by atoms with Crippen LogP contribution >= 0.6 is 11.6 Å². The van der Waals surface area contributed by atoms with Crippen LogP contribution in [0.2, 0.25) is 5.02 Å². The van der Waals surface area contributed by atoms with Crippen molar-refractivity contribution < 1.29 is 9.21 Å². The summed E-state index contributed by atoms with van der Waals surface area (Å²) in [6, 6.07) is 18.6. The summed E-state index contributed by atoms with van der Waals surface area (Å²) in [7, 11) is 0. The van der Waals surface area contributed by atoms with Gasteiger partial charge in [-0.25, -0.2) is 4.98 Å². The van der Waals surface area contributed by atoms with Crippen molar-refractivity contribution in [3.63, 3.8) is 0 Å². The molecule has 4 nitrogen and oxygen atoms in total. The van der Waals surface area contributed by atoms with E-state index < -0.39 is 0 Å². The zero-order chi connectivity index (χ0) is 19.0. The third kappa shape index (κ3) is 3.44. The zero-order valence-electron chi connectivity index (χ0n) is 14.9. The predicted octanol–water partition coefficient (Wildman–Crippen LogP) is 6.02. The normalized spacial score (nSPS) is 10.9. The van der Waals surface area contributed by atoms with Gasteiger partial charge in [0.25, 0.3) is 5.91 Å². The molecule has 0 bridgehead atoms. The van der Waals surface area contributed by atoms with Crippen LogP contribution in [-0.2, 0) is 0 Å². The Morgan fingerprint density at radius 1 is 1.00 bits per heavy atom. The van der Waals surface area contributed by atoms with Crippen LogP contribution in [0.1, 0.15) is 21.5 Å². The second-order valence-electron chi connectivity index (χ2n) is 6.43. The first kappa shape index (κ1) is 17.3. The van der Waals surface area contributed by atoms with E-state index in [9.17, 15) is 4.79 Å². The van der Waals surface area contributed by atoms with Crippen molar-refractivity contribution in [1.82, 2.24) is 4.98 Å². The van der Waals surface area contributed by atoms with Crippen LogP contribution < -0.4 is 5.32 Å². The van der Waals surface area contributed by atoms with E-state index in [0.717, 1.165) is 22.4 Å². The minimum atomic E-state index is -0.141. The lowest BCUT2D eigenvalue weighted by atomic mass is 10.1. The van der Waals surface area contributed by atoms with Crippen molar-refractivity contribution in [3.8, 4) is 11.5 Å². The Bertz CT molecular complexity index is 1160. The average Bonchev–Trinajstić information content (AvgIpc) is 3.07. The van der Waals surface area contributed by atoms with E-state index in [4.69, 9.17) is 16.0 Å². The number of anilines is 1. The van der Waals surface area contributed by atoms with E-state index in [-0.39, 0.29) is 5.91 Å². The second kappa shape index (κ2) is 6.89. The molecular formula is C22H17ClN2O2. The number of nitrogens with zero attached hydrogens (tertiary/aromatic N) is 1. The molecule has 0 saturated carbocycles. The maximum atomic E-state index is 12.6. The molecule has 0 aliphatic carbocycles. The standard InChI is InChI=1S/C22H17ClN2O2/c1-13-5-3-4-6-17(13)21(26)24-18-11-15(8-7-14(18)2)22-25-19-12-16(23)9-10-20(19)27-22/h3-12H,1-2H3,(H,24,26). The van der Waals surface area contributed by atoms with Crippen molar-refractivity contribution >= 4 is 34.3 Å². The molecule has 1 amide bonds. The molecule has 4 rings (SSSR count). The molecule has 5 heteroatoms. The first-order valence-corrected chi connectivity index (χ1v) is 8.93. The number of amides is 1. The van der Waals surface area contributed by atoms with E-state index in [1.165, 1.54) is 0 Å². The largest absolute Gasteiger partial charge is 0.436 e. The van der Waals surface area contributed by atoms with Gasteiger partial charge in [-0.2, -0.15) is 0 Å². The number of benzene rings is 3. The van der Waals surface area contributed by atoms with Crippen molar-refractivity contribution in [3.05, 3.63) is 82.4 Å². The fraction of sp³-hybridized carbons (Fsp3) is 0.0909. The SMILES string of the molecule is Cc1ccc(-c2nc3cc(Cl)ccc3o2)cc1NC(=O)c1ccccc1C. The maximum absolute atomic E-state index is 12.6. The molecule has 3 aromatic carbocycles. The van der Waals surface area contributed by atoms with E-state index in [1.54, 1.807) is 18.2 Å². The quantitative estimate of drug-likeness (QED) is 0.475. The number of nitrogens with one attached hydrogen (secondary N) is 1. The van der Waals surface area contributed by atoms with Crippen molar-refractivity contribution in [2.24, 2.45) is 0 Å². The summed E-state index contributed by atoms with van der Waals surface area (Å²) >= 11 is 6.02. The van der Waals surface area contributed by atoms with Gasteiger partial charge in [0.05, 0.1) is 0 Å². The molecule has 27 heavy (non-hydrogen) atoms. The van der Waals surface area contributed by atoms with Gasteiger partial charge in [-0.1, -0.05) is 35.9 Å². The zero-order valence-corrected chi connectivity index (χ0v) is 15.7. The highest BCUT2D eigenvalue weighted by Gasteiger charge is 2.13. The molecule has 0 fully saturated rings. The van der Waals surface area contributed by atoms with Gasteiger partial charge >= 0.3 is 0 Å². The monoisotopic (exact) mass is 376 g/mol. The van der Waals surface area contributed by atoms with Crippen molar-refractivity contribution in [2.75, 3.05) is 5.32 Å². The maximum Gasteiger partial charge on any atom is 0.255 e. The first-order chi connectivity index (χ1) is 13.0. The third-order valence-corrected chi connectivity index (χ3v) is 4.71. The topological polar surface area (TPSA) is 55.1 Å². The lowest BCUT2D eigenvalue weighted by molar-refractivity contribution is 0.102. The summed E-state index contributed by atoms with van der Waals surface area (Å²) in [5, 5.41) is 3.60. The van der Waals surface area contributed by atoms with E-state index >= 15 is 0 Å². The highest BCUT2D eigenvalue weighted by molar-refractivity contribution is 6.31. The summed E-state index contributed by atoms with van der Waals surface area (Å²) in [5.41, 5.74) is 5.41. The summed E-state index contributed by atoms with van der Waals surface area (Å²) in [5.74, 6) is 0.344. The molecule has 1 heterocycles. The molecule has 0 radical (unpaired) electrons. The third-order valence-electron chi connectivity index (χ3n) is 4.47. The Hall–Kier alpha value is -3.11. The fourth-order valence-corrected chi connectivity index (χ4v) is 3.10. The number of carbonyl (C=O) groups is 1. The number of oxazole rings is 1. The molecule has 1 aromatic heterocycles. The Morgan fingerprint density at radius 3 is 2.63 bits per heavy atom. The smallest absolute Gasteiger partial charge is 0.255 e. The molecule has 0 saturated heterocycles. The average molecular weight is 377 g/mol. The second-order valence-corrected chi connectivity index (χ2v) is 6.87. The van der Waals surface area contributed by atoms with E-state index in [1.807, 2.05) is 56.3 Å². The minimum Gasteiger partial charge on any atom is -0.436 e. The number of fused-ring (bicyclic) bond motifs is 1. The molecule has 0 spiro atoms. The van der Waals surface area contributed by atoms with Crippen molar-refractivity contribution in [2.45, 2.75) is 13.8 Å². The van der Waals surface area contributed by atoms with E-state index in [2.05, 4.69) is 10.3 Å².